The van der Waals surface area contributed by atoms with E-state index < -0.39 is 0 Å². The normalized spacial score (nSPS) is 11.7. The second-order valence-electron chi connectivity index (χ2n) is 3.31. The molecule has 92 valence electrons. The first-order chi connectivity index (χ1) is 7.45. The van der Waals surface area contributed by atoms with Gasteiger partial charge >= 0.3 is 5.97 Å². The number of hydrogen-bond acceptors (Lipinski definition) is 5. The van der Waals surface area contributed by atoms with Gasteiger partial charge in [0.05, 0.1) is 13.5 Å². The van der Waals surface area contributed by atoms with Crippen LogP contribution in [-0.2, 0) is 19.1 Å². The molecule has 5 nitrogen and oxygen atoms in total. The van der Waals surface area contributed by atoms with E-state index in [4.69, 9.17) is 0 Å². The molecule has 1 N–H and O–H groups in total. The third-order valence-electron chi connectivity index (χ3n) is 1.73. The van der Waals surface area contributed by atoms with Gasteiger partial charge in [-0.2, -0.15) is 0 Å². The van der Waals surface area contributed by atoms with Crippen molar-refractivity contribution in [3.05, 3.63) is 0 Å². The Morgan fingerprint density at radius 3 is 2.44 bits per heavy atom. The molecule has 0 rings (SSSR count). The number of thioether (sulfide) groups is 1. The standard InChI is InChI=1S/C10H17NO4S/c1-7(6-11-8(2)12)16-10(14)5-4-9(13)15-3/h7H,4-6H2,1-3H3,(H,11,12). The van der Waals surface area contributed by atoms with Gasteiger partial charge < -0.3 is 10.1 Å². The zero-order chi connectivity index (χ0) is 12.6. The predicted octanol–water partition coefficient (Wildman–Crippen LogP) is 0.724. The van der Waals surface area contributed by atoms with Crippen molar-refractivity contribution in [1.82, 2.24) is 5.32 Å². The van der Waals surface area contributed by atoms with Crippen molar-refractivity contribution in [3.63, 3.8) is 0 Å². The minimum Gasteiger partial charge on any atom is -0.469 e. The Labute approximate surface area is 99.3 Å². The van der Waals surface area contributed by atoms with Crippen LogP contribution in [0, 0.1) is 0 Å². The average molecular weight is 247 g/mol. The lowest BCUT2D eigenvalue weighted by molar-refractivity contribution is -0.141. The van der Waals surface area contributed by atoms with Crippen molar-refractivity contribution in [2.45, 2.75) is 31.9 Å². The van der Waals surface area contributed by atoms with Gasteiger partial charge in [-0.3, -0.25) is 14.4 Å². The molecular weight excluding hydrogens is 230 g/mol. The number of esters is 1. The van der Waals surface area contributed by atoms with Crippen molar-refractivity contribution < 1.29 is 19.1 Å². The largest absolute Gasteiger partial charge is 0.469 e. The minimum absolute atomic E-state index is 0.00838. The zero-order valence-electron chi connectivity index (χ0n) is 9.74. The first kappa shape index (κ1) is 15.0. The minimum atomic E-state index is -0.386. The molecule has 0 aromatic heterocycles. The third kappa shape index (κ3) is 8.28. The van der Waals surface area contributed by atoms with Crippen LogP contribution in [-0.4, -0.2) is 35.9 Å². The molecule has 0 radical (unpaired) electrons. The fraction of sp³-hybridized carbons (Fsp3) is 0.700. The molecule has 1 amide bonds. The molecule has 0 heterocycles. The number of nitrogens with one attached hydrogen (secondary N) is 1. The SMILES string of the molecule is COC(=O)CCC(=O)SC(C)CNC(C)=O. The van der Waals surface area contributed by atoms with E-state index in [9.17, 15) is 14.4 Å². The summed E-state index contributed by atoms with van der Waals surface area (Å²) in [7, 11) is 1.29. The molecule has 0 aliphatic rings. The van der Waals surface area contributed by atoms with Crippen LogP contribution in [0.2, 0.25) is 0 Å². The molecule has 1 atom stereocenters. The van der Waals surface area contributed by atoms with Gasteiger partial charge in [0, 0.05) is 25.1 Å². The van der Waals surface area contributed by atoms with Crippen LogP contribution >= 0.6 is 11.8 Å². The number of carbonyl (C=O) groups is 3. The molecule has 6 heteroatoms. The Kier molecular flexibility index (Phi) is 7.62. The molecule has 0 bridgehead atoms. The Morgan fingerprint density at radius 1 is 1.31 bits per heavy atom. The van der Waals surface area contributed by atoms with Crippen molar-refractivity contribution in [2.24, 2.45) is 0 Å². The van der Waals surface area contributed by atoms with Gasteiger partial charge in [-0.05, 0) is 0 Å². The number of carbonyl (C=O) groups excluding carboxylic acids is 3. The van der Waals surface area contributed by atoms with Gasteiger partial charge in [0.25, 0.3) is 0 Å². The molecule has 0 aromatic carbocycles. The van der Waals surface area contributed by atoms with Crippen LogP contribution in [0.4, 0.5) is 0 Å². The number of amides is 1. The number of methoxy groups -OCH3 is 1. The van der Waals surface area contributed by atoms with E-state index in [2.05, 4.69) is 10.1 Å². The molecule has 0 saturated carbocycles. The van der Waals surface area contributed by atoms with E-state index >= 15 is 0 Å². The monoisotopic (exact) mass is 247 g/mol. The van der Waals surface area contributed by atoms with Gasteiger partial charge in [0.1, 0.15) is 0 Å². The summed E-state index contributed by atoms with van der Waals surface area (Å²) in [4.78, 5) is 32.8. The molecule has 0 saturated heterocycles. The maximum absolute atomic E-state index is 11.4. The Balaban J connectivity index is 3.69. The Morgan fingerprint density at radius 2 is 1.94 bits per heavy atom. The smallest absolute Gasteiger partial charge is 0.305 e. The van der Waals surface area contributed by atoms with Gasteiger partial charge in [-0.1, -0.05) is 18.7 Å². The maximum atomic E-state index is 11.4. The summed E-state index contributed by atoms with van der Waals surface area (Å²) in [6, 6.07) is 0. The van der Waals surface area contributed by atoms with Crippen molar-refractivity contribution in [3.8, 4) is 0 Å². The summed E-state index contributed by atoms with van der Waals surface area (Å²) in [6.07, 6.45) is 0.275. The van der Waals surface area contributed by atoms with Gasteiger partial charge in [0.15, 0.2) is 5.12 Å². The van der Waals surface area contributed by atoms with Crippen molar-refractivity contribution in [1.29, 1.82) is 0 Å². The lowest BCUT2D eigenvalue weighted by atomic mass is 10.3. The molecular formula is C10H17NO4S. The van der Waals surface area contributed by atoms with Crippen LogP contribution < -0.4 is 5.32 Å². The molecule has 0 spiro atoms. The van der Waals surface area contributed by atoms with Gasteiger partial charge in [0.2, 0.25) is 5.91 Å². The molecule has 0 fully saturated rings. The van der Waals surface area contributed by atoms with E-state index in [1.165, 1.54) is 14.0 Å². The van der Waals surface area contributed by atoms with Crippen LogP contribution in [0.25, 0.3) is 0 Å². The highest BCUT2D eigenvalue weighted by molar-refractivity contribution is 8.14. The number of hydrogen-bond donors (Lipinski definition) is 1. The maximum Gasteiger partial charge on any atom is 0.305 e. The average Bonchev–Trinajstić information content (AvgIpc) is 2.23. The molecule has 0 aliphatic carbocycles. The lowest BCUT2D eigenvalue weighted by Gasteiger charge is -2.09. The summed E-state index contributed by atoms with van der Waals surface area (Å²) < 4.78 is 4.43. The highest BCUT2D eigenvalue weighted by Crippen LogP contribution is 2.14. The Bertz CT molecular complexity index is 268. The summed E-state index contributed by atoms with van der Waals surface area (Å²) in [6.45, 7) is 3.72. The molecule has 16 heavy (non-hydrogen) atoms. The van der Waals surface area contributed by atoms with Crippen LogP contribution in [0.1, 0.15) is 26.7 Å². The van der Waals surface area contributed by atoms with Crippen LogP contribution in [0.5, 0.6) is 0 Å². The summed E-state index contributed by atoms with van der Waals surface area (Å²) in [5.41, 5.74) is 0. The first-order valence-electron chi connectivity index (χ1n) is 4.96. The molecule has 0 aromatic rings. The number of rotatable bonds is 6. The van der Waals surface area contributed by atoms with E-state index in [0.717, 1.165) is 11.8 Å². The second-order valence-corrected chi connectivity index (χ2v) is 4.81. The van der Waals surface area contributed by atoms with Crippen molar-refractivity contribution in [2.75, 3.05) is 13.7 Å². The number of ether oxygens (including phenoxy) is 1. The van der Waals surface area contributed by atoms with Gasteiger partial charge in [-0.25, -0.2) is 0 Å². The third-order valence-corrected chi connectivity index (χ3v) is 2.77. The van der Waals surface area contributed by atoms with Crippen molar-refractivity contribution >= 4 is 28.8 Å². The topological polar surface area (TPSA) is 72.5 Å². The molecule has 1 unspecified atom stereocenters. The van der Waals surface area contributed by atoms with Gasteiger partial charge in [-0.15, -0.1) is 0 Å². The van der Waals surface area contributed by atoms with E-state index in [1.807, 2.05) is 6.92 Å². The van der Waals surface area contributed by atoms with E-state index in [1.54, 1.807) is 0 Å². The summed E-state index contributed by atoms with van der Waals surface area (Å²) in [5, 5.41) is 2.57. The van der Waals surface area contributed by atoms with E-state index in [0.29, 0.717) is 6.54 Å². The predicted molar refractivity (Wildman–Crippen MR) is 62.0 cm³/mol. The lowest BCUT2D eigenvalue weighted by Crippen LogP contribution is -2.27. The highest BCUT2D eigenvalue weighted by Gasteiger charge is 2.12. The highest BCUT2D eigenvalue weighted by atomic mass is 32.2. The fourth-order valence-electron chi connectivity index (χ4n) is 0.919. The van der Waals surface area contributed by atoms with Crippen LogP contribution in [0.3, 0.4) is 0 Å². The second kappa shape index (κ2) is 8.15. The van der Waals surface area contributed by atoms with E-state index in [-0.39, 0.29) is 35.1 Å². The summed E-state index contributed by atoms with van der Waals surface area (Å²) in [5.74, 6) is -0.502. The first-order valence-corrected chi connectivity index (χ1v) is 5.84. The summed E-state index contributed by atoms with van der Waals surface area (Å²) >= 11 is 1.13. The fourth-order valence-corrected chi connectivity index (χ4v) is 1.75. The quantitative estimate of drug-likeness (QED) is 0.700. The molecule has 0 aliphatic heterocycles. The Hall–Kier alpha value is -1.04. The van der Waals surface area contributed by atoms with Crippen LogP contribution in [0.15, 0.2) is 0 Å². The zero-order valence-corrected chi connectivity index (χ0v) is 10.6.